The summed E-state index contributed by atoms with van der Waals surface area (Å²) in [6.45, 7) is 15.7. The van der Waals surface area contributed by atoms with Gasteiger partial charge in [-0.1, -0.05) is 68.7 Å². The smallest absolute Gasteiger partial charge is 0.0174 e. The Morgan fingerprint density at radius 3 is 2.61 bits per heavy atom. The molecule has 0 aromatic heterocycles. The molecule has 0 spiro atoms. The summed E-state index contributed by atoms with van der Waals surface area (Å²) in [7, 11) is 0. The number of unbranched alkanes of at least 4 members (excludes halogenated alkanes) is 2. The highest BCUT2D eigenvalue weighted by Crippen LogP contribution is 2.45. The van der Waals surface area contributed by atoms with Crippen LogP contribution in [0.1, 0.15) is 76.5 Å². The highest BCUT2D eigenvalue weighted by Gasteiger charge is 2.37. The molecule has 0 heterocycles. The summed E-state index contributed by atoms with van der Waals surface area (Å²) in [5.74, 6) is 0.552. The van der Waals surface area contributed by atoms with Crippen LogP contribution in [-0.4, -0.2) is 0 Å². The Bertz CT molecular complexity index is 590. The van der Waals surface area contributed by atoms with Crippen LogP contribution in [0.25, 0.3) is 0 Å². The molecular formula is C23H34. The molecule has 2 rings (SSSR count). The van der Waals surface area contributed by atoms with Crippen LogP contribution in [0, 0.1) is 12.8 Å². The van der Waals surface area contributed by atoms with Gasteiger partial charge in [-0.2, -0.15) is 0 Å². The first-order chi connectivity index (χ1) is 10.9. The zero-order valence-corrected chi connectivity index (χ0v) is 15.8. The molecule has 126 valence electrons. The summed E-state index contributed by atoms with van der Waals surface area (Å²) in [6.07, 6.45) is 10.1. The molecule has 0 fully saturated rings. The van der Waals surface area contributed by atoms with E-state index in [9.17, 15) is 0 Å². The van der Waals surface area contributed by atoms with Gasteiger partial charge >= 0.3 is 0 Å². The average molecular weight is 311 g/mol. The predicted octanol–water partition coefficient (Wildman–Crippen LogP) is 6.92. The van der Waals surface area contributed by atoms with Crippen LogP contribution in [0.3, 0.4) is 0 Å². The van der Waals surface area contributed by atoms with Gasteiger partial charge in [-0.15, -0.1) is 0 Å². The van der Waals surface area contributed by atoms with Crippen LogP contribution in [0.2, 0.25) is 0 Å². The van der Waals surface area contributed by atoms with Crippen LogP contribution >= 0.6 is 0 Å². The van der Waals surface area contributed by atoms with Gasteiger partial charge < -0.3 is 0 Å². The largest absolute Gasteiger partial charge is 0.0998 e. The Balaban J connectivity index is 2.34. The van der Waals surface area contributed by atoms with E-state index in [-0.39, 0.29) is 5.41 Å². The molecule has 0 heteroatoms. The standard InChI is InChI=1S/C23H34/c1-7-8-9-10-20-12-14-22(19(5)15-20)23(6)16-18(4)11-13-21(23)17(2)3/h12,14-16,21H,2,7-11,13H2,1,3-6H3. The SMILES string of the molecule is C=C(C)C1CCC(C)=CC1(C)c1ccc(CCCCC)cc1C. The second-order valence-corrected chi connectivity index (χ2v) is 7.82. The molecule has 0 bridgehead atoms. The molecule has 1 aromatic rings. The van der Waals surface area contributed by atoms with Gasteiger partial charge in [0.25, 0.3) is 0 Å². The van der Waals surface area contributed by atoms with E-state index < -0.39 is 0 Å². The molecule has 1 aliphatic carbocycles. The van der Waals surface area contributed by atoms with E-state index in [1.807, 2.05) is 0 Å². The number of aryl methyl sites for hydroxylation is 2. The number of hydrogen-bond donors (Lipinski definition) is 0. The van der Waals surface area contributed by atoms with Gasteiger partial charge in [0.2, 0.25) is 0 Å². The van der Waals surface area contributed by atoms with Gasteiger partial charge in [-0.25, -0.2) is 0 Å². The molecule has 1 aliphatic rings. The fourth-order valence-electron chi connectivity index (χ4n) is 4.44. The molecular weight excluding hydrogens is 276 g/mol. The van der Waals surface area contributed by atoms with Gasteiger partial charge in [0.1, 0.15) is 0 Å². The molecule has 0 N–H and O–H groups in total. The van der Waals surface area contributed by atoms with Gasteiger partial charge in [-0.3, -0.25) is 0 Å². The minimum atomic E-state index is 0.0974. The second kappa shape index (κ2) is 7.51. The van der Waals surface area contributed by atoms with Gasteiger partial charge in [0, 0.05) is 5.41 Å². The van der Waals surface area contributed by atoms with Crippen LogP contribution < -0.4 is 0 Å². The van der Waals surface area contributed by atoms with E-state index in [4.69, 9.17) is 0 Å². The van der Waals surface area contributed by atoms with Crippen LogP contribution in [0.5, 0.6) is 0 Å². The van der Waals surface area contributed by atoms with E-state index in [0.717, 1.165) is 0 Å². The van der Waals surface area contributed by atoms with E-state index in [2.05, 4.69) is 65.5 Å². The van der Waals surface area contributed by atoms with Crippen molar-refractivity contribution in [3.05, 3.63) is 58.7 Å². The normalized spacial score (nSPS) is 24.4. The van der Waals surface area contributed by atoms with Crippen LogP contribution in [-0.2, 0) is 11.8 Å². The summed E-state index contributed by atoms with van der Waals surface area (Å²) in [6, 6.07) is 7.17. The monoisotopic (exact) mass is 310 g/mol. The zero-order valence-electron chi connectivity index (χ0n) is 15.8. The Morgan fingerprint density at radius 2 is 2.00 bits per heavy atom. The first-order valence-corrected chi connectivity index (χ1v) is 9.32. The van der Waals surface area contributed by atoms with Crippen molar-refractivity contribution in [2.45, 2.75) is 78.6 Å². The minimum Gasteiger partial charge on any atom is -0.0998 e. The predicted molar refractivity (Wildman–Crippen MR) is 103 cm³/mol. The van der Waals surface area contributed by atoms with E-state index in [1.54, 1.807) is 0 Å². The molecule has 1 aromatic carbocycles. The third-order valence-electron chi connectivity index (χ3n) is 5.63. The van der Waals surface area contributed by atoms with Crippen molar-refractivity contribution in [2.24, 2.45) is 5.92 Å². The maximum Gasteiger partial charge on any atom is 0.0174 e. The molecule has 0 radical (unpaired) electrons. The van der Waals surface area contributed by atoms with E-state index >= 15 is 0 Å². The van der Waals surface area contributed by atoms with E-state index in [0.29, 0.717) is 5.92 Å². The number of benzene rings is 1. The topological polar surface area (TPSA) is 0 Å². The minimum absolute atomic E-state index is 0.0974. The molecule has 0 aliphatic heterocycles. The Labute approximate surface area is 143 Å². The zero-order chi connectivity index (χ0) is 17.0. The van der Waals surface area contributed by atoms with Crippen molar-refractivity contribution in [2.75, 3.05) is 0 Å². The highest BCUT2D eigenvalue weighted by atomic mass is 14.4. The molecule has 23 heavy (non-hydrogen) atoms. The van der Waals surface area contributed by atoms with Crippen LogP contribution in [0.15, 0.2) is 42.0 Å². The van der Waals surface area contributed by atoms with Crippen molar-refractivity contribution < 1.29 is 0 Å². The Kier molecular flexibility index (Phi) is 5.89. The lowest BCUT2D eigenvalue weighted by molar-refractivity contribution is 0.362. The highest BCUT2D eigenvalue weighted by molar-refractivity contribution is 5.43. The summed E-state index contributed by atoms with van der Waals surface area (Å²) in [5, 5.41) is 0. The molecule has 2 unspecified atom stereocenters. The first-order valence-electron chi connectivity index (χ1n) is 9.32. The first kappa shape index (κ1) is 18.0. The number of hydrogen-bond acceptors (Lipinski definition) is 0. The van der Waals surface area contributed by atoms with Crippen molar-refractivity contribution in [1.82, 2.24) is 0 Å². The lowest BCUT2D eigenvalue weighted by Crippen LogP contribution is -2.34. The average Bonchev–Trinajstić information content (AvgIpc) is 2.46. The molecule has 0 nitrogen and oxygen atoms in total. The van der Waals surface area contributed by atoms with Crippen molar-refractivity contribution in [3.8, 4) is 0 Å². The number of allylic oxidation sites excluding steroid dienone is 3. The van der Waals surface area contributed by atoms with Gasteiger partial charge in [-0.05, 0) is 69.1 Å². The lowest BCUT2D eigenvalue weighted by atomic mass is 9.63. The third-order valence-corrected chi connectivity index (χ3v) is 5.63. The second-order valence-electron chi connectivity index (χ2n) is 7.82. The maximum absolute atomic E-state index is 4.29. The van der Waals surface area contributed by atoms with Crippen molar-refractivity contribution in [3.63, 3.8) is 0 Å². The van der Waals surface area contributed by atoms with Crippen LogP contribution in [0.4, 0.5) is 0 Å². The third kappa shape index (κ3) is 3.97. The summed E-state index contributed by atoms with van der Waals surface area (Å²) >= 11 is 0. The molecule has 0 saturated heterocycles. The summed E-state index contributed by atoms with van der Waals surface area (Å²) < 4.78 is 0. The van der Waals surface area contributed by atoms with E-state index in [1.165, 1.54) is 66.4 Å². The van der Waals surface area contributed by atoms with Crippen molar-refractivity contribution in [1.29, 1.82) is 0 Å². The van der Waals surface area contributed by atoms with Gasteiger partial charge in [0.15, 0.2) is 0 Å². The maximum atomic E-state index is 4.29. The number of rotatable bonds is 6. The Hall–Kier alpha value is -1.30. The Morgan fingerprint density at radius 1 is 1.26 bits per heavy atom. The summed E-state index contributed by atoms with van der Waals surface area (Å²) in [5.41, 5.74) is 7.37. The fraction of sp³-hybridized carbons (Fsp3) is 0.565. The summed E-state index contributed by atoms with van der Waals surface area (Å²) in [4.78, 5) is 0. The molecule has 2 atom stereocenters. The molecule has 0 saturated carbocycles. The molecule has 0 amide bonds. The van der Waals surface area contributed by atoms with Gasteiger partial charge in [0.05, 0.1) is 0 Å². The quantitative estimate of drug-likeness (QED) is 0.395. The van der Waals surface area contributed by atoms with Crippen molar-refractivity contribution >= 4 is 0 Å². The lowest BCUT2D eigenvalue weighted by Gasteiger charge is -2.41. The fourth-order valence-corrected chi connectivity index (χ4v) is 4.44.